The Morgan fingerprint density at radius 2 is 2.23 bits per heavy atom. The lowest BCUT2D eigenvalue weighted by atomic mass is 9.65. The first-order chi connectivity index (χ1) is 5.92. The van der Waals surface area contributed by atoms with Crippen molar-refractivity contribution in [3.63, 3.8) is 0 Å². The summed E-state index contributed by atoms with van der Waals surface area (Å²) >= 11 is 0. The van der Waals surface area contributed by atoms with Crippen LogP contribution in [0, 0.1) is 5.41 Å². The second kappa shape index (κ2) is 2.25. The first-order valence-corrected chi connectivity index (χ1v) is 4.58. The van der Waals surface area contributed by atoms with Crippen LogP contribution >= 0.6 is 0 Å². The number of hydrogen-bond acceptors (Lipinski definition) is 3. The Hall–Kier alpha value is -0.610. The summed E-state index contributed by atoms with van der Waals surface area (Å²) in [5.41, 5.74) is 4.39. The molecule has 0 saturated carbocycles. The summed E-state index contributed by atoms with van der Waals surface area (Å²) in [5, 5.41) is 9.17. The number of carbonyl (C=O) groups is 1. The molecule has 0 amide bonds. The Labute approximate surface area is 77.1 Å². The average Bonchev–Trinajstić information content (AvgIpc) is 2.51. The summed E-state index contributed by atoms with van der Waals surface area (Å²) in [4.78, 5) is 11.2. The molecule has 0 aliphatic carbocycles. The van der Waals surface area contributed by atoms with Crippen LogP contribution in [-0.4, -0.2) is 28.8 Å². The minimum Gasteiger partial charge on any atom is -0.481 e. The van der Waals surface area contributed by atoms with Gasteiger partial charge in [0.2, 0.25) is 0 Å². The van der Waals surface area contributed by atoms with Crippen LogP contribution in [0.2, 0.25) is 0 Å². The zero-order valence-electron chi connectivity index (χ0n) is 7.91. The van der Waals surface area contributed by atoms with Crippen LogP contribution in [0.15, 0.2) is 0 Å². The molecule has 2 heterocycles. The molecule has 13 heavy (non-hydrogen) atoms. The first kappa shape index (κ1) is 8.97. The van der Waals surface area contributed by atoms with Crippen molar-refractivity contribution >= 4 is 5.97 Å². The van der Waals surface area contributed by atoms with Crippen molar-refractivity contribution in [2.75, 3.05) is 0 Å². The standard InChI is InChI=1S/C9H15NO3/c1-8-4-3-5(13-8)6(10)9(8,2)7(11)12/h5-6H,3-4,10H2,1-2H3,(H,11,12). The van der Waals surface area contributed by atoms with E-state index >= 15 is 0 Å². The maximum absolute atomic E-state index is 11.2. The molecule has 0 aromatic rings. The highest BCUT2D eigenvalue weighted by molar-refractivity contribution is 5.78. The number of fused-ring (bicyclic) bond motifs is 2. The fraction of sp³-hybridized carbons (Fsp3) is 0.889. The largest absolute Gasteiger partial charge is 0.481 e. The van der Waals surface area contributed by atoms with Gasteiger partial charge in [0, 0.05) is 6.04 Å². The Bertz CT molecular complexity index is 268. The van der Waals surface area contributed by atoms with E-state index in [0.29, 0.717) is 0 Å². The van der Waals surface area contributed by atoms with Crippen molar-refractivity contribution in [3.8, 4) is 0 Å². The maximum Gasteiger partial charge on any atom is 0.313 e. The molecule has 4 nitrogen and oxygen atoms in total. The molecule has 74 valence electrons. The SMILES string of the molecule is CC12CCC(O1)C(N)C2(C)C(=O)O. The molecule has 3 N–H and O–H groups in total. The van der Waals surface area contributed by atoms with E-state index < -0.39 is 17.0 Å². The topological polar surface area (TPSA) is 72.5 Å². The number of ether oxygens (including phenoxy) is 1. The lowest BCUT2D eigenvalue weighted by molar-refractivity contribution is -0.157. The lowest BCUT2D eigenvalue weighted by Crippen LogP contribution is -2.57. The molecular formula is C9H15NO3. The lowest BCUT2D eigenvalue weighted by Gasteiger charge is -2.38. The monoisotopic (exact) mass is 185 g/mol. The molecule has 2 aliphatic rings. The molecule has 2 aliphatic heterocycles. The number of rotatable bonds is 1. The highest BCUT2D eigenvalue weighted by Crippen LogP contribution is 2.54. The second-order valence-electron chi connectivity index (χ2n) is 4.46. The fourth-order valence-corrected chi connectivity index (χ4v) is 2.60. The van der Waals surface area contributed by atoms with Crippen LogP contribution in [0.4, 0.5) is 0 Å². The van der Waals surface area contributed by atoms with Gasteiger partial charge in [-0.25, -0.2) is 0 Å². The summed E-state index contributed by atoms with van der Waals surface area (Å²) in [6.45, 7) is 3.55. The normalized spacial score (nSPS) is 54.1. The van der Waals surface area contributed by atoms with E-state index in [0.717, 1.165) is 12.8 Å². The summed E-state index contributed by atoms with van der Waals surface area (Å²) in [5.74, 6) is -0.843. The Morgan fingerprint density at radius 3 is 2.54 bits per heavy atom. The molecule has 2 bridgehead atoms. The molecule has 4 atom stereocenters. The van der Waals surface area contributed by atoms with E-state index in [1.54, 1.807) is 6.92 Å². The van der Waals surface area contributed by atoms with Crippen molar-refractivity contribution in [1.82, 2.24) is 0 Å². The highest BCUT2D eigenvalue weighted by Gasteiger charge is 2.67. The molecule has 2 saturated heterocycles. The van der Waals surface area contributed by atoms with E-state index in [1.807, 2.05) is 6.92 Å². The molecule has 0 aromatic heterocycles. The van der Waals surface area contributed by atoms with Crippen LogP contribution in [0.1, 0.15) is 26.7 Å². The van der Waals surface area contributed by atoms with Gasteiger partial charge in [0.25, 0.3) is 0 Å². The van der Waals surface area contributed by atoms with E-state index in [2.05, 4.69) is 0 Å². The highest BCUT2D eigenvalue weighted by atomic mass is 16.5. The van der Waals surface area contributed by atoms with E-state index in [9.17, 15) is 9.90 Å². The fourth-order valence-electron chi connectivity index (χ4n) is 2.60. The number of carboxylic acids is 1. The van der Waals surface area contributed by atoms with Gasteiger partial charge >= 0.3 is 5.97 Å². The van der Waals surface area contributed by atoms with Crippen LogP contribution in [-0.2, 0) is 9.53 Å². The van der Waals surface area contributed by atoms with E-state index in [4.69, 9.17) is 10.5 Å². The molecule has 0 spiro atoms. The Balaban J connectivity index is 2.44. The third-order valence-corrected chi connectivity index (χ3v) is 3.93. The van der Waals surface area contributed by atoms with Crippen LogP contribution in [0.25, 0.3) is 0 Å². The van der Waals surface area contributed by atoms with Gasteiger partial charge in [0.15, 0.2) is 0 Å². The van der Waals surface area contributed by atoms with Gasteiger partial charge in [-0.05, 0) is 26.7 Å². The van der Waals surface area contributed by atoms with Crippen molar-refractivity contribution in [3.05, 3.63) is 0 Å². The summed E-state index contributed by atoms with van der Waals surface area (Å²) in [7, 11) is 0. The van der Waals surface area contributed by atoms with Gasteiger partial charge in [-0.1, -0.05) is 0 Å². The number of nitrogens with two attached hydrogens (primary N) is 1. The van der Waals surface area contributed by atoms with E-state index in [1.165, 1.54) is 0 Å². The molecular weight excluding hydrogens is 170 g/mol. The summed E-state index contributed by atoms with van der Waals surface area (Å²) in [6.07, 6.45) is 1.63. The Kier molecular flexibility index (Phi) is 1.55. The summed E-state index contributed by atoms with van der Waals surface area (Å²) < 4.78 is 5.64. The first-order valence-electron chi connectivity index (χ1n) is 4.58. The predicted molar refractivity (Wildman–Crippen MR) is 46.2 cm³/mol. The number of aliphatic carboxylic acids is 1. The minimum atomic E-state index is -0.921. The van der Waals surface area contributed by atoms with Gasteiger partial charge in [-0.2, -0.15) is 0 Å². The van der Waals surface area contributed by atoms with Crippen LogP contribution in [0.3, 0.4) is 0 Å². The molecule has 2 fully saturated rings. The molecule has 4 heteroatoms. The second-order valence-corrected chi connectivity index (χ2v) is 4.46. The zero-order valence-corrected chi connectivity index (χ0v) is 7.91. The smallest absolute Gasteiger partial charge is 0.313 e. The van der Waals surface area contributed by atoms with Crippen LogP contribution < -0.4 is 5.73 Å². The van der Waals surface area contributed by atoms with E-state index in [-0.39, 0.29) is 12.1 Å². The minimum absolute atomic E-state index is 0.0638. The quantitative estimate of drug-likeness (QED) is 0.618. The Morgan fingerprint density at radius 1 is 1.62 bits per heavy atom. The van der Waals surface area contributed by atoms with Crippen molar-refractivity contribution < 1.29 is 14.6 Å². The van der Waals surface area contributed by atoms with Gasteiger partial charge in [0.1, 0.15) is 5.41 Å². The van der Waals surface area contributed by atoms with Gasteiger partial charge in [0.05, 0.1) is 11.7 Å². The molecule has 4 unspecified atom stereocenters. The molecule has 0 radical (unpaired) electrons. The predicted octanol–water partition coefficient (Wildman–Crippen LogP) is 0.356. The van der Waals surface area contributed by atoms with Gasteiger partial charge in [-0.15, -0.1) is 0 Å². The van der Waals surface area contributed by atoms with Crippen molar-refractivity contribution in [2.45, 2.75) is 44.4 Å². The van der Waals surface area contributed by atoms with Gasteiger partial charge < -0.3 is 15.6 Å². The van der Waals surface area contributed by atoms with Gasteiger partial charge in [-0.3, -0.25) is 4.79 Å². The third kappa shape index (κ3) is 0.802. The van der Waals surface area contributed by atoms with Crippen molar-refractivity contribution in [2.24, 2.45) is 11.1 Å². The molecule has 2 rings (SSSR count). The zero-order chi connectivity index (χ0) is 9.85. The summed E-state index contributed by atoms with van der Waals surface area (Å²) in [6, 6.07) is -0.372. The van der Waals surface area contributed by atoms with Crippen LogP contribution in [0.5, 0.6) is 0 Å². The number of carboxylic acid groups (broad SMARTS) is 1. The third-order valence-electron chi connectivity index (χ3n) is 3.93. The molecule has 0 aromatic carbocycles. The maximum atomic E-state index is 11.2. The van der Waals surface area contributed by atoms with Crippen molar-refractivity contribution in [1.29, 1.82) is 0 Å². The number of hydrogen-bond donors (Lipinski definition) is 2. The average molecular weight is 185 g/mol.